The van der Waals surface area contributed by atoms with Gasteiger partial charge in [0.2, 0.25) is 0 Å². The Morgan fingerprint density at radius 1 is 1.47 bits per heavy atom. The van der Waals surface area contributed by atoms with E-state index in [0.29, 0.717) is 12.5 Å². The van der Waals surface area contributed by atoms with Gasteiger partial charge >= 0.3 is 0 Å². The van der Waals surface area contributed by atoms with Crippen molar-refractivity contribution in [2.24, 2.45) is 11.7 Å². The van der Waals surface area contributed by atoms with E-state index in [4.69, 9.17) is 5.73 Å². The predicted octanol–water partition coefficient (Wildman–Crippen LogP) is 0.857. The van der Waals surface area contributed by atoms with Crippen LogP contribution in [0.15, 0.2) is 6.33 Å². The fourth-order valence-corrected chi connectivity index (χ4v) is 2.75. The van der Waals surface area contributed by atoms with Crippen molar-refractivity contribution in [3.63, 3.8) is 0 Å². The van der Waals surface area contributed by atoms with Gasteiger partial charge in [-0.15, -0.1) is 10.2 Å². The third kappa shape index (κ3) is 2.50. The van der Waals surface area contributed by atoms with Crippen LogP contribution < -0.4 is 5.73 Å². The first-order valence-electron chi connectivity index (χ1n) is 6.37. The molecular formula is C12H23N5. The Hall–Kier alpha value is -0.940. The first kappa shape index (κ1) is 12.5. The molecule has 17 heavy (non-hydrogen) atoms. The number of hydrogen-bond donors (Lipinski definition) is 1. The molecule has 0 aliphatic carbocycles. The van der Waals surface area contributed by atoms with Gasteiger partial charge < -0.3 is 10.3 Å². The summed E-state index contributed by atoms with van der Waals surface area (Å²) in [6.45, 7) is 10.3. The zero-order valence-corrected chi connectivity index (χ0v) is 11.1. The van der Waals surface area contributed by atoms with Gasteiger partial charge in [0.25, 0.3) is 0 Å². The largest absolute Gasteiger partial charge is 0.329 e. The van der Waals surface area contributed by atoms with Crippen molar-refractivity contribution >= 4 is 0 Å². The number of fused-ring (bicyclic) bond motifs is 1. The monoisotopic (exact) mass is 237 g/mol. The van der Waals surface area contributed by atoms with E-state index >= 15 is 0 Å². The Bertz CT molecular complexity index is 373. The van der Waals surface area contributed by atoms with E-state index in [1.165, 1.54) is 0 Å². The van der Waals surface area contributed by atoms with Crippen LogP contribution in [0.3, 0.4) is 0 Å². The highest BCUT2D eigenvalue weighted by Gasteiger charge is 2.33. The maximum atomic E-state index is 6.00. The number of nitrogens with zero attached hydrogens (tertiary/aromatic N) is 4. The molecule has 0 spiro atoms. The molecule has 1 aliphatic heterocycles. The molecule has 0 saturated heterocycles. The molecule has 2 N–H and O–H groups in total. The second-order valence-electron chi connectivity index (χ2n) is 5.66. The van der Waals surface area contributed by atoms with Gasteiger partial charge in [-0.3, -0.25) is 4.90 Å². The molecule has 0 radical (unpaired) electrons. The Labute approximate surface area is 103 Å². The number of rotatable bonds is 4. The SMILES string of the molecule is CC(C)CC(C)(CN)N1CCn2cnnc2C1. The summed E-state index contributed by atoms with van der Waals surface area (Å²) in [7, 11) is 0. The summed E-state index contributed by atoms with van der Waals surface area (Å²) < 4.78 is 2.13. The highest BCUT2D eigenvalue weighted by Crippen LogP contribution is 2.26. The van der Waals surface area contributed by atoms with Crippen molar-refractivity contribution in [3.05, 3.63) is 12.2 Å². The summed E-state index contributed by atoms with van der Waals surface area (Å²) in [4.78, 5) is 2.46. The molecule has 0 fully saturated rings. The average molecular weight is 237 g/mol. The van der Waals surface area contributed by atoms with E-state index in [9.17, 15) is 0 Å². The number of nitrogens with two attached hydrogens (primary N) is 1. The molecule has 5 nitrogen and oxygen atoms in total. The van der Waals surface area contributed by atoms with Crippen LogP contribution in [0.5, 0.6) is 0 Å². The molecule has 96 valence electrons. The lowest BCUT2D eigenvalue weighted by Crippen LogP contribution is -2.54. The van der Waals surface area contributed by atoms with Crippen molar-refractivity contribution < 1.29 is 0 Å². The fraction of sp³-hybridized carbons (Fsp3) is 0.833. The van der Waals surface area contributed by atoms with Crippen LogP contribution in [0.2, 0.25) is 0 Å². The van der Waals surface area contributed by atoms with E-state index in [0.717, 1.165) is 31.9 Å². The molecule has 1 atom stereocenters. The van der Waals surface area contributed by atoms with Gasteiger partial charge in [0, 0.05) is 25.2 Å². The quantitative estimate of drug-likeness (QED) is 0.843. The Balaban J connectivity index is 2.12. The minimum Gasteiger partial charge on any atom is -0.329 e. The summed E-state index contributed by atoms with van der Waals surface area (Å²) >= 11 is 0. The van der Waals surface area contributed by atoms with Gasteiger partial charge in [-0.05, 0) is 19.3 Å². The van der Waals surface area contributed by atoms with Crippen molar-refractivity contribution in [1.29, 1.82) is 0 Å². The predicted molar refractivity (Wildman–Crippen MR) is 67.3 cm³/mol. The normalized spacial score (nSPS) is 20.3. The van der Waals surface area contributed by atoms with Crippen molar-refractivity contribution in [2.45, 2.75) is 45.8 Å². The van der Waals surface area contributed by atoms with Crippen LogP contribution in [0.25, 0.3) is 0 Å². The molecule has 0 aromatic carbocycles. The average Bonchev–Trinajstić information content (AvgIpc) is 2.74. The molecule has 0 bridgehead atoms. The molecule has 1 aromatic heterocycles. The molecule has 1 aliphatic rings. The smallest absolute Gasteiger partial charge is 0.147 e. The maximum Gasteiger partial charge on any atom is 0.147 e. The minimum absolute atomic E-state index is 0.0748. The molecule has 2 rings (SSSR count). The van der Waals surface area contributed by atoms with Crippen LogP contribution in [0.4, 0.5) is 0 Å². The molecule has 1 unspecified atom stereocenters. The van der Waals surface area contributed by atoms with Gasteiger partial charge in [0.15, 0.2) is 0 Å². The first-order chi connectivity index (χ1) is 8.05. The first-order valence-corrected chi connectivity index (χ1v) is 6.37. The van der Waals surface area contributed by atoms with Crippen LogP contribution in [0.1, 0.15) is 33.0 Å². The van der Waals surface area contributed by atoms with Crippen molar-refractivity contribution in [1.82, 2.24) is 19.7 Å². The molecule has 0 amide bonds. The van der Waals surface area contributed by atoms with Crippen LogP contribution in [0, 0.1) is 5.92 Å². The summed E-state index contributed by atoms with van der Waals surface area (Å²) in [5, 5.41) is 8.13. The Morgan fingerprint density at radius 2 is 2.24 bits per heavy atom. The second kappa shape index (κ2) is 4.74. The molecule has 1 aromatic rings. The van der Waals surface area contributed by atoms with E-state index in [1.807, 2.05) is 6.33 Å². The zero-order valence-electron chi connectivity index (χ0n) is 11.1. The van der Waals surface area contributed by atoms with Crippen molar-refractivity contribution in [2.75, 3.05) is 13.1 Å². The van der Waals surface area contributed by atoms with Crippen LogP contribution >= 0.6 is 0 Å². The molecule has 2 heterocycles. The topological polar surface area (TPSA) is 60.0 Å². The van der Waals surface area contributed by atoms with E-state index in [-0.39, 0.29) is 5.54 Å². The second-order valence-corrected chi connectivity index (χ2v) is 5.66. The highest BCUT2D eigenvalue weighted by atomic mass is 15.3. The van der Waals surface area contributed by atoms with Gasteiger partial charge in [0.05, 0.1) is 6.54 Å². The summed E-state index contributed by atoms with van der Waals surface area (Å²) in [6.07, 6.45) is 2.94. The standard InChI is InChI=1S/C12H23N5/c1-10(2)6-12(3,8-13)17-5-4-16-9-14-15-11(16)7-17/h9-10H,4-8,13H2,1-3H3. The lowest BCUT2D eigenvalue weighted by Gasteiger charge is -2.43. The van der Waals surface area contributed by atoms with E-state index < -0.39 is 0 Å². The summed E-state index contributed by atoms with van der Waals surface area (Å²) in [5.74, 6) is 1.71. The lowest BCUT2D eigenvalue weighted by molar-refractivity contribution is 0.0599. The van der Waals surface area contributed by atoms with Gasteiger partial charge in [-0.1, -0.05) is 13.8 Å². The third-order valence-electron chi connectivity index (χ3n) is 3.69. The lowest BCUT2D eigenvalue weighted by atomic mass is 9.88. The van der Waals surface area contributed by atoms with E-state index in [1.54, 1.807) is 0 Å². The summed E-state index contributed by atoms with van der Waals surface area (Å²) in [5.41, 5.74) is 6.07. The Kier molecular flexibility index (Phi) is 3.49. The highest BCUT2D eigenvalue weighted by molar-refractivity contribution is 4.97. The van der Waals surface area contributed by atoms with Gasteiger partial charge in [-0.25, -0.2) is 0 Å². The minimum atomic E-state index is 0.0748. The van der Waals surface area contributed by atoms with Crippen LogP contribution in [-0.4, -0.2) is 38.3 Å². The Morgan fingerprint density at radius 3 is 2.88 bits per heavy atom. The third-order valence-corrected chi connectivity index (χ3v) is 3.69. The summed E-state index contributed by atoms with van der Waals surface area (Å²) in [6, 6.07) is 0. The molecule has 0 saturated carbocycles. The number of aromatic nitrogens is 3. The fourth-order valence-electron chi connectivity index (χ4n) is 2.75. The van der Waals surface area contributed by atoms with Gasteiger partial charge in [0.1, 0.15) is 12.2 Å². The maximum absolute atomic E-state index is 6.00. The molecule has 5 heteroatoms. The van der Waals surface area contributed by atoms with E-state index in [2.05, 4.69) is 40.4 Å². The zero-order chi connectivity index (χ0) is 12.5. The van der Waals surface area contributed by atoms with Crippen LogP contribution in [-0.2, 0) is 13.1 Å². The molecular weight excluding hydrogens is 214 g/mol. The van der Waals surface area contributed by atoms with Gasteiger partial charge in [-0.2, -0.15) is 0 Å². The number of hydrogen-bond acceptors (Lipinski definition) is 4. The van der Waals surface area contributed by atoms with Crippen molar-refractivity contribution in [3.8, 4) is 0 Å².